The first-order chi connectivity index (χ1) is 21.2. The minimum atomic E-state index is 0. The van der Waals surface area contributed by atoms with Gasteiger partial charge < -0.3 is 15.1 Å². The first-order valence-corrected chi connectivity index (χ1v) is 15.3. The van der Waals surface area contributed by atoms with Gasteiger partial charge in [0.25, 0.3) is 5.91 Å². The molecular formula is C36H41N5O3. The van der Waals surface area contributed by atoms with Crippen molar-refractivity contribution in [3.63, 3.8) is 0 Å². The van der Waals surface area contributed by atoms with E-state index in [2.05, 4.69) is 48.5 Å². The Kier molecular flexibility index (Phi) is 8.08. The van der Waals surface area contributed by atoms with Gasteiger partial charge in [-0.3, -0.25) is 19.1 Å². The number of amides is 3. The van der Waals surface area contributed by atoms with Crippen molar-refractivity contribution < 1.29 is 15.8 Å². The molecule has 0 radical (unpaired) electrons. The van der Waals surface area contributed by atoms with Crippen molar-refractivity contribution in [3.05, 3.63) is 108 Å². The van der Waals surface area contributed by atoms with Gasteiger partial charge in [0.15, 0.2) is 0 Å². The Hall–Kier alpha value is -4.72. The molecule has 8 nitrogen and oxygen atoms in total. The first kappa shape index (κ1) is 29.4. The SMILES string of the molecule is CC1(C)C[C@@H]1C(=O)N1CC2(CCN(C(=O)c3cnn(Cc4ccccc4)c3)C2)C1.O=CNc1ccc(-c2ccccc2)cc1.[HH]. The second-order valence-corrected chi connectivity index (χ2v) is 13.0. The fourth-order valence-electron chi connectivity index (χ4n) is 6.37. The zero-order chi connectivity index (χ0) is 30.7. The number of nitrogens with zero attached hydrogens (tertiary/aromatic N) is 4. The summed E-state index contributed by atoms with van der Waals surface area (Å²) in [6.07, 6.45) is 6.17. The first-order valence-electron chi connectivity index (χ1n) is 15.3. The van der Waals surface area contributed by atoms with Crippen molar-refractivity contribution in [1.29, 1.82) is 0 Å². The largest absolute Gasteiger partial charge is 0.341 e. The van der Waals surface area contributed by atoms with Gasteiger partial charge in [0.05, 0.1) is 18.3 Å². The van der Waals surface area contributed by atoms with E-state index in [1.165, 1.54) is 5.56 Å². The van der Waals surface area contributed by atoms with Gasteiger partial charge in [0.2, 0.25) is 12.3 Å². The Morgan fingerprint density at radius 2 is 1.52 bits per heavy atom. The van der Waals surface area contributed by atoms with Gasteiger partial charge in [0.1, 0.15) is 0 Å². The summed E-state index contributed by atoms with van der Waals surface area (Å²) < 4.78 is 1.82. The highest BCUT2D eigenvalue weighted by atomic mass is 16.2. The lowest BCUT2D eigenvalue weighted by atomic mass is 9.78. The minimum absolute atomic E-state index is 0. The van der Waals surface area contributed by atoms with Gasteiger partial charge in [-0.2, -0.15) is 5.10 Å². The molecule has 44 heavy (non-hydrogen) atoms. The molecule has 2 aliphatic heterocycles. The van der Waals surface area contributed by atoms with Crippen LogP contribution >= 0.6 is 0 Å². The van der Waals surface area contributed by atoms with Crippen LogP contribution in [0.4, 0.5) is 5.69 Å². The van der Waals surface area contributed by atoms with E-state index in [0.717, 1.165) is 55.8 Å². The summed E-state index contributed by atoms with van der Waals surface area (Å²) in [5.74, 6) is 0.566. The summed E-state index contributed by atoms with van der Waals surface area (Å²) in [5.41, 5.74) is 5.21. The lowest BCUT2D eigenvalue weighted by Crippen LogP contribution is -2.60. The van der Waals surface area contributed by atoms with Crippen LogP contribution < -0.4 is 5.32 Å². The van der Waals surface area contributed by atoms with E-state index < -0.39 is 0 Å². The maximum Gasteiger partial charge on any atom is 0.257 e. The molecule has 1 atom stereocenters. The van der Waals surface area contributed by atoms with Crippen LogP contribution in [0.1, 0.15) is 44.0 Å². The van der Waals surface area contributed by atoms with Crippen LogP contribution in [-0.4, -0.2) is 64.0 Å². The number of carbonyl (C=O) groups excluding carboxylic acids is 3. The van der Waals surface area contributed by atoms with Gasteiger partial charge in [-0.25, -0.2) is 0 Å². The van der Waals surface area contributed by atoms with Crippen molar-refractivity contribution in [3.8, 4) is 11.1 Å². The Bertz CT molecular complexity index is 1620. The third-order valence-electron chi connectivity index (χ3n) is 9.19. The van der Waals surface area contributed by atoms with Crippen LogP contribution in [0.5, 0.6) is 0 Å². The van der Waals surface area contributed by atoms with Crippen LogP contribution in [0.2, 0.25) is 0 Å². The Balaban J connectivity index is 0.000000212. The number of hydrogen-bond donors (Lipinski definition) is 1. The quantitative estimate of drug-likeness (QED) is 0.275. The molecule has 0 unspecified atom stereocenters. The van der Waals surface area contributed by atoms with Crippen molar-refractivity contribution >= 4 is 23.9 Å². The molecule has 1 N–H and O–H groups in total. The molecule has 3 aliphatic rings. The number of benzene rings is 3. The third-order valence-corrected chi connectivity index (χ3v) is 9.19. The highest BCUT2D eigenvalue weighted by Crippen LogP contribution is 2.54. The Morgan fingerprint density at radius 1 is 0.909 bits per heavy atom. The predicted octanol–water partition coefficient (Wildman–Crippen LogP) is 5.82. The molecule has 3 fully saturated rings. The fourth-order valence-corrected chi connectivity index (χ4v) is 6.37. The monoisotopic (exact) mass is 591 g/mol. The number of aromatic nitrogens is 2. The summed E-state index contributed by atoms with van der Waals surface area (Å²) in [6, 6.07) is 28.0. The smallest absolute Gasteiger partial charge is 0.257 e. The normalized spacial score (nSPS) is 19.0. The highest BCUT2D eigenvalue weighted by molar-refractivity contribution is 5.94. The number of rotatable bonds is 7. The van der Waals surface area contributed by atoms with E-state index in [1.54, 1.807) is 6.20 Å². The molecule has 2 saturated heterocycles. The summed E-state index contributed by atoms with van der Waals surface area (Å²) in [6.45, 7) is 8.10. The van der Waals surface area contributed by atoms with Crippen molar-refractivity contribution in [2.24, 2.45) is 16.7 Å². The van der Waals surface area contributed by atoms with E-state index in [0.29, 0.717) is 24.4 Å². The van der Waals surface area contributed by atoms with E-state index in [1.807, 2.05) is 81.3 Å². The molecule has 3 heterocycles. The average Bonchev–Trinajstić information content (AvgIpc) is 3.36. The molecule has 3 aromatic carbocycles. The lowest BCUT2D eigenvalue weighted by Gasteiger charge is -2.48. The number of anilines is 1. The highest BCUT2D eigenvalue weighted by Gasteiger charge is 2.57. The molecule has 3 amide bonds. The number of likely N-dealkylation sites (tertiary alicyclic amines) is 2. The maximum atomic E-state index is 13.0. The second kappa shape index (κ2) is 12.1. The molecule has 1 aromatic heterocycles. The molecule has 0 bridgehead atoms. The van der Waals surface area contributed by atoms with Gasteiger partial charge in [-0.1, -0.05) is 86.6 Å². The van der Waals surface area contributed by atoms with E-state index in [4.69, 9.17) is 0 Å². The van der Waals surface area contributed by atoms with Crippen LogP contribution in [0, 0.1) is 16.7 Å². The van der Waals surface area contributed by atoms with Gasteiger partial charge in [-0.15, -0.1) is 0 Å². The summed E-state index contributed by atoms with van der Waals surface area (Å²) in [5, 5.41) is 6.97. The number of nitrogens with one attached hydrogen (secondary N) is 1. The maximum absolute atomic E-state index is 13.0. The predicted molar refractivity (Wildman–Crippen MR) is 173 cm³/mol. The van der Waals surface area contributed by atoms with Crippen LogP contribution in [0.3, 0.4) is 0 Å². The van der Waals surface area contributed by atoms with Crippen LogP contribution in [0.25, 0.3) is 11.1 Å². The number of carbonyl (C=O) groups is 3. The molecule has 228 valence electrons. The zero-order valence-electron chi connectivity index (χ0n) is 25.4. The van der Waals surface area contributed by atoms with E-state index in [9.17, 15) is 14.4 Å². The fraction of sp³-hybridized carbons (Fsp3) is 0.333. The summed E-state index contributed by atoms with van der Waals surface area (Å²) >= 11 is 0. The molecule has 8 heteroatoms. The van der Waals surface area contributed by atoms with Crippen molar-refractivity contribution in [2.45, 2.75) is 33.2 Å². The molecule has 1 aliphatic carbocycles. The molecule has 4 aromatic rings. The molecule has 1 saturated carbocycles. The van der Waals surface area contributed by atoms with Crippen molar-refractivity contribution in [1.82, 2.24) is 19.6 Å². The average molecular weight is 592 g/mol. The van der Waals surface area contributed by atoms with Gasteiger partial charge in [0, 0.05) is 50.8 Å². The molecular weight excluding hydrogens is 550 g/mol. The number of hydrogen-bond acceptors (Lipinski definition) is 4. The molecule has 1 spiro atoms. The lowest BCUT2D eigenvalue weighted by molar-refractivity contribution is -0.144. The van der Waals surface area contributed by atoms with E-state index in [-0.39, 0.29) is 24.1 Å². The minimum Gasteiger partial charge on any atom is -0.341 e. The van der Waals surface area contributed by atoms with E-state index >= 15 is 0 Å². The topological polar surface area (TPSA) is 87.5 Å². The molecule has 7 rings (SSSR count). The van der Waals surface area contributed by atoms with Crippen LogP contribution in [-0.2, 0) is 16.1 Å². The summed E-state index contributed by atoms with van der Waals surface area (Å²) in [7, 11) is 0. The Morgan fingerprint density at radius 3 is 2.16 bits per heavy atom. The van der Waals surface area contributed by atoms with Gasteiger partial charge in [-0.05, 0) is 47.1 Å². The van der Waals surface area contributed by atoms with Crippen LogP contribution in [0.15, 0.2) is 97.3 Å². The second-order valence-electron chi connectivity index (χ2n) is 13.0. The summed E-state index contributed by atoms with van der Waals surface area (Å²) in [4.78, 5) is 39.7. The van der Waals surface area contributed by atoms with Crippen molar-refractivity contribution in [2.75, 3.05) is 31.5 Å². The Labute approximate surface area is 260 Å². The zero-order valence-corrected chi connectivity index (χ0v) is 25.4. The third kappa shape index (κ3) is 6.44. The van der Waals surface area contributed by atoms with Gasteiger partial charge >= 0.3 is 0 Å². The standard InChI is InChI=1S/C23H28N4O2.C13H11NO.H2/c1-22(2)10-19(22)21(29)26-15-23(16-26)8-9-25(14-23)20(28)18-11-24-27(13-18)12-17-6-4-3-5-7-17;15-10-14-13-8-6-12(7-9-13)11-4-2-1-3-5-11;/h3-7,11,13,19H,8-10,12,14-16H2,1-2H3;1-10H,(H,14,15);1H/t19-;;/m1../s1.